The average molecular weight is 540 g/mol. The molecule has 0 saturated heterocycles. The van der Waals surface area contributed by atoms with Crippen molar-refractivity contribution in [3.63, 3.8) is 0 Å². The quantitative estimate of drug-likeness (QED) is 0.349. The molecule has 0 fully saturated rings. The lowest BCUT2D eigenvalue weighted by Crippen LogP contribution is -1.94. The highest BCUT2D eigenvalue weighted by Crippen LogP contribution is 2.27. The molecule has 0 aliphatic heterocycles. The molecule has 2 aromatic carbocycles. The van der Waals surface area contributed by atoms with E-state index in [1.165, 1.54) is 22.3 Å². The first-order valence-corrected chi connectivity index (χ1v) is 10.8. The minimum absolute atomic E-state index is 0.381. The van der Waals surface area contributed by atoms with Gasteiger partial charge < -0.3 is 0 Å². The minimum atomic E-state index is 0.381. The zero-order chi connectivity index (χ0) is 15.2. The lowest BCUT2D eigenvalue weighted by atomic mass is 10.0. The van der Waals surface area contributed by atoms with Crippen LogP contribution < -0.4 is 0 Å². The van der Waals surface area contributed by atoms with E-state index in [2.05, 4.69) is 112 Å². The molecule has 0 radical (unpaired) electrons. The summed E-state index contributed by atoms with van der Waals surface area (Å²) in [5.41, 5.74) is 5.31. The Morgan fingerprint density at radius 1 is 0.619 bits per heavy atom. The highest BCUT2D eigenvalue weighted by Gasteiger charge is 2.07. The van der Waals surface area contributed by atoms with Gasteiger partial charge in [0.25, 0.3) is 0 Å². The zero-order valence-electron chi connectivity index (χ0n) is 11.4. The van der Waals surface area contributed by atoms with Gasteiger partial charge in [0.05, 0.1) is 0 Å². The molecule has 0 aliphatic carbocycles. The third kappa shape index (κ3) is 5.19. The molecule has 2 unspecified atom stereocenters. The zero-order valence-corrected chi connectivity index (χ0v) is 17.8. The first kappa shape index (κ1) is 17.7. The predicted molar refractivity (Wildman–Crippen MR) is 107 cm³/mol. The highest BCUT2D eigenvalue weighted by molar-refractivity contribution is 9.12. The van der Waals surface area contributed by atoms with Gasteiger partial charge in [0.2, 0.25) is 0 Å². The minimum Gasteiger partial charge on any atom is -0.0912 e. The van der Waals surface area contributed by atoms with E-state index in [1.807, 2.05) is 0 Å². The summed E-state index contributed by atoms with van der Waals surface area (Å²) in [4.78, 5) is 0.761. The summed E-state index contributed by atoms with van der Waals surface area (Å²) < 4.78 is 0. The summed E-state index contributed by atoms with van der Waals surface area (Å²) in [7, 11) is 0. The van der Waals surface area contributed by atoms with Crippen LogP contribution in [0, 0.1) is 0 Å². The van der Waals surface area contributed by atoms with Crippen LogP contribution in [0.15, 0.2) is 48.5 Å². The molecule has 0 spiro atoms. The fourth-order valence-corrected chi connectivity index (χ4v) is 3.46. The van der Waals surface area contributed by atoms with Crippen molar-refractivity contribution in [2.75, 3.05) is 10.7 Å². The fraction of sp³-hybridized carbons (Fsp3) is 0.294. The number of rotatable bonds is 6. The van der Waals surface area contributed by atoms with Gasteiger partial charge in [0.15, 0.2) is 0 Å². The van der Waals surface area contributed by atoms with Crippen LogP contribution >= 0.6 is 63.7 Å². The molecule has 2 atom stereocenters. The summed E-state index contributed by atoms with van der Waals surface area (Å²) >= 11 is 14.3. The molecular formula is C17H16Br4. The van der Waals surface area contributed by atoms with Gasteiger partial charge in [-0.05, 0) is 28.7 Å². The normalized spacial score (nSPS) is 13.9. The third-order valence-corrected chi connectivity index (χ3v) is 8.10. The van der Waals surface area contributed by atoms with E-state index in [0.29, 0.717) is 9.65 Å². The smallest absolute Gasteiger partial charge is 0.0492 e. The maximum atomic E-state index is 3.65. The van der Waals surface area contributed by atoms with E-state index < -0.39 is 0 Å². The first-order valence-electron chi connectivity index (χ1n) is 6.71. The highest BCUT2D eigenvalue weighted by atomic mass is 79.9. The second kappa shape index (κ2) is 8.85. The van der Waals surface area contributed by atoms with E-state index in [1.54, 1.807) is 0 Å². The standard InChI is InChI=1S/C17H16Br4/c18-10-16(20)14-5-1-12(2-6-14)9-13-3-7-15(8-4-13)17(21)11-19/h1-8,16-17H,9-11H2. The molecule has 0 N–H and O–H groups in total. The van der Waals surface area contributed by atoms with Crippen molar-refractivity contribution in [2.24, 2.45) is 0 Å². The van der Waals surface area contributed by atoms with Crippen molar-refractivity contribution in [1.29, 1.82) is 0 Å². The predicted octanol–water partition coefficient (Wildman–Crippen LogP) is 6.94. The topological polar surface area (TPSA) is 0 Å². The van der Waals surface area contributed by atoms with Crippen LogP contribution in [0.3, 0.4) is 0 Å². The Morgan fingerprint density at radius 3 is 1.24 bits per heavy atom. The molecule has 4 heteroatoms. The molecule has 0 aromatic heterocycles. The summed E-state index contributed by atoms with van der Waals surface area (Å²) in [6, 6.07) is 17.6. The van der Waals surface area contributed by atoms with Crippen LogP contribution in [-0.4, -0.2) is 10.7 Å². The van der Waals surface area contributed by atoms with Crippen LogP contribution in [0.2, 0.25) is 0 Å². The van der Waals surface area contributed by atoms with Gasteiger partial charge in [0.1, 0.15) is 0 Å². The van der Waals surface area contributed by atoms with Crippen LogP contribution in [0.4, 0.5) is 0 Å². The largest absolute Gasteiger partial charge is 0.0912 e. The number of hydrogen-bond acceptors (Lipinski definition) is 0. The summed E-state index contributed by atoms with van der Waals surface area (Å²) in [5.74, 6) is 0. The Bertz CT molecular complexity index is 497. The monoisotopic (exact) mass is 536 g/mol. The second-order valence-electron chi connectivity index (χ2n) is 4.90. The molecule has 0 saturated carbocycles. The molecule has 2 aromatic rings. The van der Waals surface area contributed by atoms with E-state index >= 15 is 0 Å². The van der Waals surface area contributed by atoms with Crippen molar-refractivity contribution in [3.05, 3.63) is 70.8 Å². The number of hydrogen-bond donors (Lipinski definition) is 0. The lowest BCUT2D eigenvalue weighted by Gasteiger charge is -2.09. The van der Waals surface area contributed by atoms with E-state index in [0.717, 1.165) is 17.1 Å². The fourth-order valence-electron chi connectivity index (χ4n) is 2.10. The van der Waals surface area contributed by atoms with Crippen LogP contribution in [-0.2, 0) is 6.42 Å². The number of alkyl halides is 4. The molecule has 112 valence electrons. The van der Waals surface area contributed by atoms with Crippen molar-refractivity contribution < 1.29 is 0 Å². The van der Waals surface area contributed by atoms with Crippen LogP contribution in [0.1, 0.15) is 31.9 Å². The SMILES string of the molecule is BrCC(Br)c1ccc(Cc2ccc(C(Br)CBr)cc2)cc1. The van der Waals surface area contributed by atoms with Crippen LogP contribution in [0.5, 0.6) is 0 Å². The Kier molecular flexibility index (Phi) is 7.47. The van der Waals surface area contributed by atoms with Gasteiger partial charge >= 0.3 is 0 Å². The van der Waals surface area contributed by atoms with Gasteiger partial charge in [-0.1, -0.05) is 112 Å². The van der Waals surface area contributed by atoms with Gasteiger partial charge in [-0.2, -0.15) is 0 Å². The number of benzene rings is 2. The van der Waals surface area contributed by atoms with Gasteiger partial charge in [0, 0.05) is 20.3 Å². The molecule has 0 bridgehead atoms. The summed E-state index contributed by atoms with van der Waals surface area (Å²) in [6.45, 7) is 0. The van der Waals surface area contributed by atoms with Crippen molar-refractivity contribution in [3.8, 4) is 0 Å². The van der Waals surface area contributed by atoms with Gasteiger partial charge in [-0.25, -0.2) is 0 Å². The number of halogens is 4. The van der Waals surface area contributed by atoms with E-state index in [4.69, 9.17) is 0 Å². The van der Waals surface area contributed by atoms with Crippen molar-refractivity contribution in [1.82, 2.24) is 0 Å². The van der Waals surface area contributed by atoms with Crippen LogP contribution in [0.25, 0.3) is 0 Å². The molecule has 2 rings (SSSR count). The second-order valence-corrected chi connectivity index (χ2v) is 8.41. The summed E-state index contributed by atoms with van der Waals surface area (Å²) in [5, 5.41) is 1.85. The lowest BCUT2D eigenvalue weighted by molar-refractivity contribution is 1.11. The molecular weight excluding hydrogens is 524 g/mol. The molecule has 0 heterocycles. The molecule has 0 nitrogen and oxygen atoms in total. The third-order valence-electron chi connectivity index (χ3n) is 3.36. The Balaban J connectivity index is 2.04. The Hall–Kier alpha value is 0.360. The average Bonchev–Trinajstić information content (AvgIpc) is 2.55. The van der Waals surface area contributed by atoms with E-state index in [9.17, 15) is 0 Å². The Labute approximate surface area is 160 Å². The van der Waals surface area contributed by atoms with Crippen molar-refractivity contribution in [2.45, 2.75) is 16.1 Å². The van der Waals surface area contributed by atoms with Gasteiger partial charge in [-0.15, -0.1) is 0 Å². The maximum absolute atomic E-state index is 3.65. The van der Waals surface area contributed by atoms with E-state index in [-0.39, 0.29) is 0 Å². The van der Waals surface area contributed by atoms with Gasteiger partial charge in [-0.3, -0.25) is 0 Å². The summed E-state index contributed by atoms with van der Waals surface area (Å²) in [6.07, 6.45) is 0.975. The maximum Gasteiger partial charge on any atom is 0.0492 e. The Morgan fingerprint density at radius 2 is 0.952 bits per heavy atom. The molecule has 0 amide bonds. The van der Waals surface area contributed by atoms with Crippen molar-refractivity contribution >= 4 is 63.7 Å². The molecule has 0 aliphatic rings. The first-order chi connectivity index (χ1) is 10.1. The molecule has 21 heavy (non-hydrogen) atoms.